The van der Waals surface area contributed by atoms with Gasteiger partial charge in [-0.3, -0.25) is 9.69 Å². The first-order valence-corrected chi connectivity index (χ1v) is 9.38. The van der Waals surface area contributed by atoms with E-state index in [1.165, 1.54) is 12.1 Å². The Morgan fingerprint density at radius 2 is 2.00 bits per heavy atom. The quantitative estimate of drug-likeness (QED) is 0.469. The number of rotatable bonds is 7. The summed E-state index contributed by atoms with van der Waals surface area (Å²) < 4.78 is 5.73. The number of carboxylic acid groups (broad SMARTS) is 1. The number of carbonyl (C=O) groups is 2. The van der Waals surface area contributed by atoms with Crippen LogP contribution in [0.2, 0.25) is 6.32 Å². The van der Waals surface area contributed by atoms with E-state index in [4.69, 9.17) is 14.8 Å². The van der Waals surface area contributed by atoms with Gasteiger partial charge in [-0.2, -0.15) is 0 Å². The zero-order chi connectivity index (χ0) is 20.4. The minimum absolute atomic E-state index is 0.0257. The summed E-state index contributed by atoms with van der Waals surface area (Å²) in [6, 6.07) is 2.87. The number of aromatic carboxylic acids is 1. The number of nitrogens with zero attached hydrogens (tertiary/aromatic N) is 2. The molecule has 2 aliphatic heterocycles. The van der Waals surface area contributed by atoms with Gasteiger partial charge in [-0.15, -0.1) is 0 Å². The number of carbonyl (C=O) groups excluding carboxylic acids is 1. The molecule has 0 aromatic heterocycles. The lowest BCUT2D eigenvalue weighted by Crippen LogP contribution is -2.59. The summed E-state index contributed by atoms with van der Waals surface area (Å²) in [6.07, 6.45) is 1.60. The zero-order valence-electron chi connectivity index (χ0n) is 15.7. The molecule has 2 aliphatic rings. The molecule has 152 valence electrons. The van der Waals surface area contributed by atoms with E-state index in [1.807, 2.05) is 11.9 Å². The van der Waals surface area contributed by atoms with E-state index in [2.05, 4.69) is 0 Å². The van der Waals surface area contributed by atoms with Crippen molar-refractivity contribution < 1.29 is 34.6 Å². The van der Waals surface area contributed by atoms with Crippen molar-refractivity contribution in [2.24, 2.45) is 0 Å². The minimum Gasteiger partial charge on any atom is -0.507 e. The minimum atomic E-state index is -1.54. The van der Waals surface area contributed by atoms with Gasteiger partial charge in [-0.05, 0) is 50.8 Å². The first-order chi connectivity index (χ1) is 13.3. The first-order valence-electron chi connectivity index (χ1n) is 9.38. The van der Waals surface area contributed by atoms with E-state index in [9.17, 15) is 19.8 Å². The van der Waals surface area contributed by atoms with Crippen LogP contribution in [0.4, 0.5) is 0 Å². The first kappa shape index (κ1) is 20.4. The number of amides is 1. The Bertz CT molecular complexity index is 752. The maximum absolute atomic E-state index is 12.5. The second-order valence-corrected chi connectivity index (χ2v) is 7.39. The van der Waals surface area contributed by atoms with E-state index in [1.54, 1.807) is 4.90 Å². The third kappa shape index (κ3) is 4.24. The van der Waals surface area contributed by atoms with Gasteiger partial charge in [-0.25, -0.2) is 4.79 Å². The highest BCUT2D eigenvalue weighted by molar-refractivity contribution is 6.41. The van der Waals surface area contributed by atoms with Crippen LogP contribution < -0.4 is 4.74 Å². The fourth-order valence-corrected chi connectivity index (χ4v) is 3.71. The Kier molecular flexibility index (Phi) is 6.12. The monoisotopic (exact) mass is 392 g/mol. The molecule has 1 aromatic rings. The molecule has 10 heteroatoms. The number of likely N-dealkylation sites (N-methyl/N-ethyl adjacent to an activating group) is 1. The normalized spacial score (nSPS) is 20.1. The standard InChI is InChI=1S/C18H25BN2O7/c1-20-8-2-3-13(20)17(23)21-9-12(10-21)28-14-5-4-11(6-7-19(26)27)16(22)15(14)18(24)25/h4-5,12-13,22,26-27H,2-3,6-10H2,1H3,(H,24,25)/t13-/m0/s1. The molecular formula is C18H25BN2O7. The van der Waals surface area contributed by atoms with Gasteiger partial charge < -0.3 is 29.9 Å². The molecule has 2 saturated heterocycles. The lowest BCUT2D eigenvalue weighted by molar-refractivity contribution is -0.144. The molecule has 1 amide bonds. The van der Waals surface area contributed by atoms with Crippen LogP contribution in [0.15, 0.2) is 12.1 Å². The van der Waals surface area contributed by atoms with E-state index in [-0.39, 0.29) is 42.1 Å². The van der Waals surface area contributed by atoms with E-state index in [0.29, 0.717) is 18.7 Å². The van der Waals surface area contributed by atoms with Gasteiger partial charge >= 0.3 is 13.1 Å². The lowest BCUT2D eigenvalue weighted by atomic mass is 9.82. The molecule has 0 saturated carbocycles. The van der Waals surface area contributed by atoms with Gasteiger partial charge in [0.25, 0.3) is 0 Å². The molecule has 0 bridgehead atoms. The summed E-state index contributed by atoms with van der Waals surface area (Å²) in [7, 11) is 0.392. The molecule has 1 aromatic carbocycles. The highest BCUT2D eigenvalue weighted by atomic mass is 16.5. The molecule has 3 rings (SSSR count). The predicted octanol–water partition coefficient (Wildman–Crippen LogP) is -0.210. The molecule has 0 spiro atoms. The van der Waals surface area contributed by atoms with Crippen LogP contribution in [-0.4, -0.2) is 87.9 Å². The molecule has 2 fully saturated rings. The average molecular weight is 392 g/mol. The van der Waals surface area contributed by atoms with Gasteiger partial charge in [0.2, 0.25) is 5.91 Å². The molecule has 9 nitrogen and oxygen atoms in total. The summed E-state index contributed by atoms with van der Waals surface area (Å²) in [5.41, 5.74) is -0.0576. The maximum Gasteiger partial charge on any atom is 0.451 e. The topological polar surface area (TPSA) is 131 Å². The molecule has 0 unspecified atom stereocenters. The van der Waals surface area contributed by atoms with E-state index < -0.39 is 18.8 Å². The number of phenols is 1. The molecular weight excluding hydrogens is 367 g/mol. The van der Waals surface area contributed by atoms with Crippen molar-refractivity contribution in [3.05, 3.63) is 23.3 Å². The molecule has 2 heterocycles. The molecule has 4 N–H and O–H groups in total. The Balaban J connectivity index is 1.64. The summed E-state index contributed by atoms with van der Waals surface area (Å²) in [4.78, 5) is 27.8. The van der Waals surface area contributed by atoms with E-state index in [0.717, 1.165) is 19.4 Å². The molecule has 1 atom stereocenters. The van der Waals surface area contributed by atoms with Crippen molar-refractivity contribution in [3.63, 3.8) is 0 Å². The fraction of sp³-hybridized carbons (Fsp3) is 0.556. The van der Waals surface area contributed by atoms with Gasteiger partial charge in [0.1, 0.15) is 23.2 Å². The van der Waals surface area contributed by atoms with Gasteiger partial charge in [0, 0.05) is 0 Å². The van der Waals surface area contributed by atoms with Crippen LogP contribution in [0.3, 0.4) is 0 Å². The number of likely N-dealkylation sites (tertiary alicyclic amines) is 2. The third-order valence-corrected chi connectivity index (χ3v) is 5.37. The second-order valence-electron chi connectivity index (χ2n) is 7.39. The van der Waals surface area contributed by atoms with Crippen LogP contribution in [-0.2, 0) is 11.2 Å². The number of hydrogen-bond donors (Lipinski definition) is 4. The SMILES string of the molecule is CN1CCC[C@H]1C(=O)N1CC(Oc2ccc(CCB(O)O)c(O)c2C(=O)O)C1. The van der Waals surface area contributed by atoms with Gasteiger partial charge in [0.15, 0.2) is 0 Å². The zero-order valence-corrected chi connectivity index (χ0v) is 15.7. The molecule has 0 aliphatic carbocycles. The van der Waals surface area contributed by atoms with Crippen molar-refractivity contribution in [2.45, 2.75) is 37.7 Å². The number of ether oxygens (including phenoxy) is 1. The third-order valence-electron chi connectivity index (χ3n) is 5.37. The Hall–Kier alpha value is -2.30. The molecule has 0 radical (unpaired) electrons. The van der Waals surface area contributed by atoms with Crippen LogP contribution in [0, 0.1) is 0 Å². The van der Waals surface area contributed by atoms with Crippen LogP contribution in [0.25, 0.3) is 0 Å². The summed E-state index contributed by atoms with van der Waals surface area (Å²) >= 11 is 0. The molecule has 28 heavy (non-hydrogen) atoms. The van der Waals surface area contributed by atoms with Crippen molar-refractivity contribution in [1.82, 2.24) is 9.80 Å². The van der Waals surface area contributed by atoms with Gasteiger partial charge in [0.05, 0.1) is 19.1 Å². The van der Waals surface area contributed by atoms with Gasteiger partial charge in [-0.1, -0.05) is 6.07 Å². The Labute approximate surface area is 163 Å². The van der Waals surface area contributed by atoms with Crippen molar-refractivity contribution in [3.8, 4) is 11.5 Å². The van der Waals surface area contributed by atoms with Crippen molar-refractivity contribution in [2.75, 3.05) is 26.7 Å². The summed E-state index contributed by atoms with van der Waals surface area (Å²) in [6.45, 7) is 1.66. The van der Waals surface area contributed by atoms with E-state index >= 15 is 0 Å². The number of carboxylic acids is 1. The second kappa shape index (κ2) is 8.38. The van der Waals surface area contributed by atoms with Crippen molar-refractivity contribution >= 4 is 19.0 Å². The summed E-state index contributed by atoms with van der Waals surface area (Å²) in [5, 5.41) is 37.6. The van der Waals surface area contributed by atoms with Crippen LogP contribution in [0.1, 0.15) is 28.8 Å². The maximum atomic E-state index is 12.5. The van der Waals surface area contributed by atoms with Crippen molar-refractivity contribution in [1.29, 1.82) is 0 Å². The number of aryl methyl sites for hydroxylation is 1. The van der Waals surface area contributed by atoms with Crippen LogP contribution >= 0.6 is 0 Å². The predicted molar refractivity (Wildman–Crippen MR) is 100 cm³/mol. The Morgan fingerprint density at radius 1 is 1.29 bits per heavy atom. The fourth-order valence-electron chi connectivity index (χ4n) is 3.71. The smallest absolute Gasteiger partial charge is 0.451 e. The Morgan fingerprint density at radius 3 is 2.57 bits per heavy atom. The number of aromatic hydroxyl groups is 1. The average Bonchev–Trinajstić information content (AvgIpc) is 3.01. The largest absolute Gasteiger partial charge is 0.507 e. The lowest BCUT2D eigenvalue weighted by Gasteiger charge is -2.41. The number of benzene rings is 1. The number of hydrogen-bond acceptors (Lipinski definition) is 7. The highest BCUT2D eigenvalue weighted by Gasteiger charge is 2.39. The summed E-state index contributed by atoms with van der Waals surface area (Å²) in [5.74, 6) is -1.67. The highest BCUT2D eigenvalue weighted by Crippen LogP contribution is 2.34. The van der Waals surface area contributed by atoms with Crippen LogP contribution in [0.5, 0.6) is 11.5 Å².